The van der Waals surface area contributed by atoms with Crippen molar-refractivity contribution in [3.05, 3.63) is 35.9 Å². The Bertz CT molecular complexity index is 259. The first-order valence-electron chi connectivity index (χ1n) is 6.26. The first-order valence-corrected chi connectivity index (χ1v) is 6.26. The van der Waals surface area contributed by atoms with E-state index in [0.717, 1.165) is 4.48 Å². The maximum absolute atomic E-state index is 2.26. The summed E-state index contributed by atoms with van der Waals surface area (Å²) in [5.74, 6) is 0.709. The number of nitrogens with zero attached hydrogens (tertiary/aromatic N) is 1. The van der Waals surface area contributed by atoms with E-state index in [1.54, 1.807) is 0 Å². The van der Waals surface area contributed by atoms with Crippen molar-refractivity contribution in [2.24, 2.45) is 0 Å². The van der Waals surface area contributed by atoms with Gasteiger partial charge in [-0.1, -0.05) is 51.6 Å². The molecule has 1 unspecified atom stereocenters. The van der Waals surface area contributed by atoms with Crippen molar-refractivity contribution in [1.29, 1.82) is 0 Å². The van der Waals surface area contributed by atoms with Crippen LogP contribution in [0.5, 0.6) is 0 Å². The van der Waals surface area contributed by atoms with Gasteiger partial charge in [-0.15, -0.1) is 0 Å². The largest absolute Gasteiger partial charge is 0.331 e. The van der Waals surface area contributed by atoms with Gasteiger partial charge in [-0.25, -0.2) is 0 Å². The van der Waals surface area contributed by atoms with Crippen LogP contribution >= 0.6 is 0 Å². The van der Waals surface area contributed by atoms with Crippen LogP contribution in [0, 0.1) is 0 Å². The lowest BCUT2D eigenvalue weighted by atomic mass is 9.99. The summed E-state index contributed by atoms with van der Waals surface area (Å²) in [6.07, 6.45) is 1.23. The molecular formula is C16H32N+. The molecule has 0 aliphatic heterocycles. The van der Waals surface area contributed by atoms with E-state index in [-0.39, 0.29) is 7.43 Å². The predicted octanol–water partition coefficient (Wildman–Crippen LogP) is 4.55. The lowest BCUT2D eigenvalue weighted by Crippen LogP contribution is -2.33. The average molecular weight is 238 g/mol. The summed E-state index contributed by atoms with van der Waals surface area (Å²) in [4.78, 5) is 0. The molecule has 1 nitrogen and oxygen atoms in total. The molecule has 17 heavy (non-hydrogen) atoms. The van der Waals surface area contributed by atoms with Crippen LogP contribution < -0.4 is 0 Å². The van der Waals surface area contributed by atoms with Crippen LogP contribution in [-0.2, 0) is 0 Å². The molecule has 0 heterocycles. The van der Waals surface area contributed by atoms with Gasteiger partial charge in [0.25, 0.3) is 0 Å². The molecular weight excluding hydrogens is 206 g/mol. The standard InChI is InChI=1S/C10H14.C5H14N.CH4/c1-3-9(2)10-7-5-4-6-8-10;1-5-6(2,3)4;/h4-9H,3H2,1-2H3;5H2,1-4H3;1H4/q;+1;. The molecule has 0 aliphatic carbocycles. The van der Waals surface area contributed by atoms with E-state index in [2.05, 4.69) is 72.2 Å². The highest BCUT2D eigenvalue weighted by molar-refractivity contribution is 5.18. The Labute approximate surface area is 109 Å². The number of rotatable bonds is 3. The number of quaternary nitrogens is 1. The zero-order valence-corrected chi connectivity index (χ0v) is 11.8. The second-order valence-electron chi connectivity index (χ2n) is 5.33. The average Bonchev–Trinajstić information content (AvgIpc) is 2.29. The Morgan fingerprint density at radius 2 is 1.41 bits per heavy atom. The van der Waals surface area contributed by atoms with Gasteiger partial charge in [-0.05, 0) is 24.8 Å². The van der Waals surface area contributed by atoms with Gasteiger partial charge in [0.2, 0.25) is 0 Å². The SMILES string of the molecule is C.CCC(C)c1ccccc1.CC[N+](C)(C)C. The Hall–Kier alpha value is -0.820. The number of hydrogen-bond acceptors (Lipinski definition) is 0. The zero-order valence-electron chi connectivity index (χ0n) is 11.8. The van der Waals surface area contributed by atoms with Crippen LogP contribution in [0.4, 0.5) is 0 Å². The third-order valence-corrected chi connectivity index (χ3v) is 2.93. The van der Waals surface area contributed by atoms with Crippen LogP contribution in [0.15, 0.2) is 30.3 Å². The molecule has 1 heteroatoms. The fourth-order valence-corrected chi connectivity index (χ4v) is 1.02. The second kappa shape index (κ2) is 9.23. The van der Waals surface area contributed by atoms with Gasteiger partial charge in [0.05, 0.1) is 27.7 Å². The van der Waals surface area contributed by atoms with Crippen molar-refractivity contribution >= 4 is 0 Å². The van der Waals surface area contributed by atoms with Crippen molar-refractivity contribution in [2.45, 2.75) is 40.5 Å². The van der Waals surface area contributed by atoms with Crippen molar-refractivity contribution < 1.29 is 4.48 Å². The van der Waals surface area contributed by atoms with Gasteiger partial charge in [-0.3, -0.25) is 0 Å². The zero-order chi connectivity index (χ0) is 12.6. The highest BCUT2D eigenvalue weighted by Gasteiger charge is 1.99. The molecule has 0 amide bonds. The number of hydrogen-bond donors (Lipinski definition) is 0. The van der Waals surface area contributed by atoms with Crippen molar-refractivity contribution in [1.82, 2.24) is 0 Å². The highest BCUT2D eigenvalue weighted by Crippen LogP contribution is 2.16. The lowest BCUT2D eigenvalue weighted by Gasteiger charge is -2.20. The minimum absolute atomic E-state index is 0. The van der Waals surface area contributed by atoms with E-state index in [9.17, 15) is 0 Å². The van der Waals surface area contributed by atoms with Crippen LogP contribution in [-0.4, -0.2) is 32.2 Å². The first kappa shape index (κ1) is 18.5. The topological polar surface area (TPSA) is 0 Å². The summed E-state index contributed by atoms with van der Waals surface area (Å²) < 4.78 is 1.07. The molecule has 0 fully saturated rings. The minimum atomic E-state index is 0. The molecule has 0 aliphatic rings. The van der Waals surface area contributed by atoms with Crippen molar-refractivity contribution in [3.8, 4) is 0 Å². The summed E-state index contributed by atoms with van der Waals surface area (Å²) >= 11 is 0. The van der Waals surface area contributed by atoms with E-state index in [1.807, 2.05) is 0 Å². The molecule has 1 rings (SSSR count). The summed E-state index contributed by atoms with van der Waals surface area (Å²) in [5.41, 5.74) is 1.45. The van der Waals surface area contributed by atoms with Gasteiger partial charge in [-0.2, -0.15) is 0 Å². The van der Waals surface area contributed by atoms with E-state index >= 15 is 0 Å². The van der Waals surface area contributed by atoms with Crippen LogP contribution in [0.3, 0.4) is 0 Å². The smallest absolute Gasteiger partial charge is 0.0751 e. The van der Waals surface area contributed by atoms with Gasteiger partial charge in [0.1, 0.15) is 0 Å². The third kappa shape index (κ3) is 10.1. The molecule has 1 atom stereocenters. The molecule has 0 N–H and O–H groups in total. The summed E-state index contributed by atoms with van der Waals surface area (Å²) in [6, 6.07) is 10.6. The van der Waals surface area contributed by atoms with E-state index < -0.39 is 0 Å². The van der Waals surface area contributed by atoms with E-state index in [0.29, 0.717) is 5.92 Å². The van der Waals surface area contributed by atoms with Gasteiger partial charge in [0.15, 0.2) is 0 Å². The van der Waals surface area contributed by atoms with E-state index in [4.69, 9.17) is 0 Å². The molecule has 0 bridgehead atoms. The van der Waals surface area contributed by atoms with Crippen LogP contribution in [0.25, 0.3) is 0 Å². The molecule has 0 aromatic heterocycles. The normalized spacial score (nSPS) is 11.9. The van der Waals surface area contributed by atoms with E-state index in [1.165, 1.54) is 18.5 Å². The van der Waals surface area contributed by atoms with Gasteiger partial charge in [0, 0.05) is 0 Å². The third-order valence-electron chi connectivity index (χ3n) is 2.93. The van der Waals surface area contributed by atoms with Gasteiger partial charge < -0.3 is 4.48 Å². The maximum atomic E-state index is 2.26. The quantitative estimate of drug-likeness (QED) is 0.678. The fraction of sp³-hybridized carbons (Fsp3) is 0.625. The van der Waals surface area contributed by atoms with Crippen molar-refractivity contribution in [3.63, 3.8) is 0 Å². The maximum Gasteiger partial charge on any atom is 0.0751 e. The predicted molar refractivity (Wildman–Crippen MR) is 80.5 cm³/mol. The fourth-order valence-electron chi connectivity index (χ4n) is 1.02. The number of benzene rings is 1. The molecule has 0 saturated heterocycles. The Kier molecular flexibility index (Phi) is 10.1. The van der Waals surface area contributed by atoms with Crippen LogP contribution in [0.1, 0.15) is 46.1 Å². The van der Waals surface area contributed by atoms with Crippen LogP contribution in [0.2, 0.25) is 0 Å². The Morgan fingerprint density at radius 1 is 1.00 bits per heavy atom. The molecule has 0 spiro atoms. The van der Waals surface area contributed by atoms with Gasteiger partial charge >= 0.3 is 0 Å². The molecule has 1 aromatic rings. The molecule has 100 valence electrons. The molecule has 0 saturated carbocycles. The summed E-state index contributed by atoms with van der Waals surface area (Å²) in [5, 5.41) is 0. The summed E-state index contributed by atoms with van der Waals surface area (Å²) in [6.45, 7) is 7.87. The van der Waals surface area contributed by atoms with Crippen molar-refractivity contribution in [2.75, 3.05) is 27.7 Å². The monoisotopic (exact) mass is 238 g/mol. The molecule has 0 radical (unpaired) electrons. The first-order chi connectivity index (χ1) is 7.40. The Balaban J connectivity index is 0. The summed E-state index contributed by atoms with van der Waals surface area (Å²) in [7, 11) is 6.54. The highest BCUT2D eigenvalue weighted by atomic mass is 15.3. The molecule has 1 aromatic carbocycles. The lowest BCUT2D eigenvalue weighted by molar-refractivity contribution is -0.868. The minimum Gasteiger partial charge on any atom is -0.331 e. The Morgan fingerprint density at radius 3 is 1.71 bits per heavy atom. The second-order valence-corrected chi connectivity index (χ2v) is 5.33.